The highest BCUT2D eigenvalue weighted by atomic mass is 79.9. The Balaban J connectivity index is 1.98. The van der Waals surface area contributed by atoms with Gasteiger partial charge in [0, 0.05) is 18.2 Å². The summed E-state index contributed by atoms with van der Waals surface area (Å²) >= 11 is 3.25. The molecule has 1 fully saturated rings. The molecule has 0 bridgehead atoms. The van der Waals surface area contributed by atoms with Gasteiger partial charge in [0.05, 0.1) is 15.8 Å². The molecule has 1 aliphatic heterocycles. The van der Waals surface area contributed by atoms with Crippen LogP contribution in [0.2, 0.25) is 0 Å². The van der Waals surface area contributed by atoms with Crippen molar-refractivity contribution in [1.82, 2.24) is 0 Å². The monoisotopic (exact) mass is 298 g/mol. The maximum atomic E-state index is 13.5. The number of hydrogen-bond donors (Lipinski definition) is 2. The van der Waals surface area contributed by atoms with Gasteiger partial charge in [0.1, 0.15) is 5.82 Å². The first-order valence-corrected chi connectivity index (χ1v) is 6.99. The lowest BCUT2D eigenvalue weighted by Crippen LogP contribution is -2.35. The molecule has 1 spiro atoms. The van der Waals surface area contributed by atoms with Crippen LogP contribution in [0.1, 0.15) is 32.1 Å². The summed E-state index contributed by atoms with van der Waals surface area (Å²) in [5.41, 5.74) is 2.14. The minimum absolute atomic E-state index is 0.208. The summed E-state index contributed by atoms with van der Waals surface area (Å²) in [5.74, 6) is -0.208. The van der Waals surface area contributed by atoms with Crippen molar-refractivity contribution in [3.05, 3.63) is 22.4 Å². The van der Waals surface area contributed by atoms with Gasteiger partial charge in [-0.1, -0.05) is 12.8 Å². The Hall–Kier alpha value is -0.770. The molecular weight excluding hydrogens is 283 g/mol. The molecule has 1 aromatic rings. The quantitative estimate of drug-likeness (QED) is 0.752. The summed E-state index contributed by atoms with van der Waals surface area (Å²) in [7, 11) is 0. The third-order valence-electron chi connectivity index (χ3n) is 3.94. The molecule has 1 saturated carbocycles. The van der Waals surface area contributed by atoms with Crippen molar-refractivity contribution < 1.29 is 4.39 Å². The minimum atomic E-state index is -0.208. The Labute approximate surface area is 109 Å². The fraction of sp³-hybridized carbons (Fsp3) is 0.538. The molecule has 0 saturated heterocycles. The second-order valence-electron chi connectivity index (χ2n) is 5.10. The van der Waals surface area contributed by atoms with Crippen molar-refractivity contribution in [1.29, 1.82) is 0 Å². The molecule has 17 heavy (non-hydrogen) atoms. The zero-order valence-corrected chi connectivity index (χ0v) is 11.2. The van der Waals surface area contributed by atoms with E-state index in [0.29, 0.717) is 4.47 Å². The number of benzene rings is 1. The Bertz CT molecular complexity index is 441. The Morgan fingerprint density at radius 1 is 1.12 bits per heavy atom. The average Bonchev–Trinajstić information content (AvgIpc) is 2.66. The molecule has 0 aromatic heterocycles. The van der Waals surface area contributed by atoms with E-state index in [1.54, 1.807) is 6.07 Å². The highest BCUT2D eigenvalue weighted by Gasteiger charge is 2.35. The summed E-state index contributed by atoms with van der Waals surface area (Å²) in [6, 6.07) is 3.42. The highest BCUT2D eigenvalue weighted by molar-refractivity contribution is 9.10. The second-order valence-corrected chi connectivity index (χ2v) is 5.96. The summed E-state index contributed by atoms with van der Waals surface area (Å²) in [6.45, 7) is 0.918. The molecular formula is C13H16BrFN2. The van der Waals surface area contributed by atoms with Crippen molar-refractivity contribution in [2.24, 2.45) is 0 Å². The van der Waals surface area contributed by atoms with Gasteiger partial charge in [-0.3, -0.25) is 0 Å². The van der Waals surface area contributed by atoms with Crippen LogP contribution in [0.5, 0.6) is 0 Å². The fourth-order valence-corrected chi connectivity index (χ4v) is 3.35. The third kappa shape index (κ3) is 2.03. The Kier molecular flexibility index (Phi) is 2.77. The molecule has 2 aliphatic rings. The lowest BCUT2D eigenvalue weighted by molar-refractivity contribution is 0.461. The average molecular weight is 299 g/mol. The zero-order valence-electron chi connectivity index (χ0n) is 9.65. The summed E-state index contributed by atoms with van der Waals surface area (Å²) in [5, 5.41) is 6.96. The lowest BCUT2D eigenvalue weighted by atomic mass is 9.93. The molecule has 0 unspecified atom stereocenters. The maximum Gasteiger partial charge on any atom is 0.139 e. The van der Waals surface area contributed by atoms with Crippen LogP contribution >= 0.6 is 15.9 Å². The van der Waals surface area contributed by atoms with E-state index in [1.807, 2.05) is 6.07 Å². The van der Waals surface area contributed by atoms with E-state index < -0.39 is 0 Å². The molecule has 92 valence electrons. The van der Waals surface area contributed by atoms with E-state index in [1.165, 1.54) is 25.7 Å². The van der Waals surface area contributed by atoms with Gasteiger partial charge in [-0.25, -0.2) is 4.39 Å². The number of fused-ring (bicyclic) bond motifs is 1. The largest absolute Gasteiger partial charge is 0.383 e. The van der Waals surface area contributed by atoms with E-state index in [4.69, 9.17) is 0 Å². The van der Waals surface area contributed by atoms with E-state index in [-0.39, 0.29) is 11.4 Å². The van der Waals surface area contributed by atoms with Crippen LogP contribution in [-0.4, -0.2) is 12.1 Å². The third-order valence-corrected chi connectivity index (χ3v) is 4.55. The fourth-order valence-electron chi connectivity index (χ4n) is 3.01. The molecule has 2 nitrogen and oxygen atoms in total. The summed E-state index contributed by atoms with van der Waals surface area (Å²) in [4.78, 5) is 0. The molecule has 0 atom stereocenters. The van der Waals surface area contributed by atoms with Gasteiger partial charge in [0.25, 0.3) is 0 Å². The molecule has 1 aromatic carbocycles. The van der Waals surface area contributed by atoms with Crippen molar-refractivity contribution in [3.8, 4) is 0 Å². The van der Waals surface area contributed by atoms with Crippen LogP contribution < -0.4 is 10.6 Å². The van der Waals surface area contributed by atoms with Crippen LogP contribution in [0.3, 0.4) is 0 Å². The molecule has 1 heterocycles. The van der Waals surface area contributed by atoms with Crippen molar-refractivity contribution >= 4 is 27.3 Å². The SMILES string of the molecule is Fc1cc2c(cc1Br)NC1(CCCC1)CCN2. The first-order chi connectivity index (χ1) is 8.19. The van der Waals surface area contributed by atoms with Crippen molar-refractivity contribution in [3.63, 3.8) is 0 Å². The highest BCUT2D eigenvalue weighted by Crippen LogP contribution is 2.41. The van der Waals surface area contributed by atoms with Crippen molar-refractivity contribution in [2.75, 3.05) is 17.2 Å². The van der Waals surface area contributed by atoms with E-state index in [9.17, 15) is 4.39 Å². The maximum absolute atomic E-state index is 13.5. The van der Waals surface area contributed by atoms with E-state index >= 15 is 0 Å². The number of hydrogen-bond acceptors (Lipinski definition) is 2. The number of anilines is 2. The van der Waals surface area contributed by atoms with Gasteiger partial charge in [0.15, 0.2) is 0 Å². The zero-order chi connectivity index (χ0) is 11.9. The van der Waals surface area contributed by atoms with Gasteiger partial charge in [0.2, 0.25) is 0 Å². The van der Waals surface area contributed by atoms with Gasteiger partial charge in [-0.2, -0.15) is 0 Å². The molecule has 4 heteroatoms. The van der Waals surface area contributed by atoms with Crippen LogP contribution in [0, 0.1) is 5.82 Å². The van der Waals surface area contributed by atoms with Crippen LogP contribution in [-0.2, 0) is 0 Å². The summed E-state index contributed by atoms with van der Waals surface area (Å²) in [6.07, 6.45) is 6.16. The topological polar surface area (TPSA) is 24.1 Å². The van der Waals surface area contributed by atoms with E-state index in [2.05, 4.69) is 26.6 Å². The lowest BCUT2D eigenvalue weighted by Gasteiger charge is -2.29. The first kappa shape index (κ1) is 11.3. The second kappa shape index (κ2) is 4.16. The van der Waals surface area contributed by atoms with Gasteiger partial charge < -0.3 is 10.6 Å². The van der Waals surface area contributed by atoms with Crippen LogP contribution in [0.4, 0.5) is 15.8 Å². The molecule has 3 rings (SSSR count). The first-order valence-electron chi connectivity index (χ1n) is 6.20. The predicted octanol–water partition coefficient (Wildman–Crippen LogP) is 4.13. The predicted molar refractivity (Wildman–Crippen MR) is 72.0 cm³/mol. The Morgan fingerprint density at radius 2 is 1.88 bits per heavy atom. The standard InChI is InChI=1S/C13H16BrFN2/c14-9-7-12-11(8-10(9)15)16-6-5-13(17-12)3-1-2-4-13/h7-8,16-17H,1-6H2. The smallest absolute Gasteiger partial charge is 0.139 e. The van der Waals surface area contributed by atoms with Gasteiger partial charge in [-0.15, -0.1) is 0 Å². The van der Waals surface area contributed by atoms with Crippen LogP contribution in [0.15, 0.2) is 16.6 Å². The number of rotatable bonds is 0. The Morgan fingerprint density at radius 3 is 2.65 bits per heavy atom. The molecule has 0 radical (unpaired) electrons. The van der Waals surface area contributed by atoms with E-state index in [0.717, 1.165) is 24.3 Å². The van der Waals surface area contributed by atoms with Gasteiger partial charge in [-0.05, 0) is 41.3 Å². The normalized spacial score (nSPS) is 21.5. The van der Waals surface area contributed by atoms with Crippen molar-refractivity contribution in [2.45, 2.75) is 37.6 Å². The molecule has 1 aliphatic carbocycles. The molecule has 0 amide bonds. The summed E-state index contributed by atoms with van der Waals surface area (Å²) < 4.78 is 14.0. The number of halogens is 2. The number of nitrogens with one attached hydrogen (secondary N) is 2. The van der Waals surface area contributed by atoms with Crippen LogP contribution in [0.25, 0.3) is 0 Å². The van der Waals surface area contributed by atoms with Gasteiger partial charge >= 0.3 is 0 Å². The minimum Gasteiger partial charge on any atom is -0.383 e. The molecule has 2 N–H and O–H groups in total.